The molecule has 0 saturated heterocycles. The van der Waals surface area contributed by atoms with Crippen LogP contribution in [0, 0.1) is 0 Å². The van der Waals surface area contributed by atoms with E-state index in [1.807, 2.05) is 24.3 Å². The van der Waals surface area contributed by atoms with Gasteiger partial charge in [-0.25, -0.2) is 8.42 Å². The van der Waals surface area contributed by atoms with Gasteiger partial charge in [0.25, 0.3) is 0 Å². The van der Waals surface area contributed by atoms with Crippen LogP contribution in [-0.2, 0) is 10.0 Å². The lowest BCUT2D eigenvalue weighted by molar-refractivity contribution is 0.512. The number of sulfonamides is 1. The number of nitrogens with one attached hydrogen (secondary N) is 1. The van der Waals surface area contributed by atoms with Crippen LogP contribution in [0.1, 0.15) is 45.2 Å². The molecule has 1 heterocycles. The Balaban J connectivity index is 2.49. The third-order valence-electron chi connectivity index (χ3n) is 3.79. The van der Waals surface area contributed by atoms with E-state index in [-0.39, 0.29) is 6.04 Å². The molecule has 1 atom stereocenters. The standard InChI is InChI=1S/C15H24N2O2S/c1-4-16-14-9-7-11-17(20(18,19)12(2)3)15-10-6-5-8-13(14)15/h5-6,8,10,12,14,16H,4,7,9,11H2,1-3H3. The molecule has 1 unspecified atom stereocenters. The van der Waals surface area contributed by atoms with Gasteiger partial charge < -0.3 is 5.32 Å². The Morgan fingerprint density at radius 1 is 1.35 bits per heavy atom. The normalized spacial score (nSPS) is 19.8. The van der Waals surface area contributed by atoms with Crippen molar-refractivity contribution in [1.82, 2.24) is 5.32 Å². The van der Waals surface area contributed by atoms with Gasteiger partial charge in [-0.2, -0.15) is 0 Å². The second kappa shape index (κ2) is 6.14. The van der Waals surface area contributed by atoms with Gasteiger partial charge in [0.15, 0.2) is 0 Å². The molecule has 0 radical (unpaired) electrons. The molecule has 0 aliphatic carbocycles. The minimum absolute atomic E-state index is 0.239. The average molecular weight is 296 g/mol. The highest BCUT2D eigenvalue weighted by Crippen LogP contribution is 2.35. The minimum atomic E-state index is -3.27. The van der Waals surface area contributed by atoms with Crippen molar-refractivity contribution in [2.75, 3.05) is 17.4 Å². The van der Waals surface area contributed by atoms with Crippen LogP contribution in [0.5, 0.6) is 0 Å². The first kappa shape index (κ1) is 15.3. The fraction of sp³-hybridized carbons (Fsp3) is 0.600. The zero-order valence-corrected chi connectivity index (χ0v) is 13.3. The first-order chi connectivity index (χ1) is 9.48. The predicted octanol–water partition coefficient (Wildman–Crippen LogP) is 2.68. The average Bonchev–Trinajstić information content (AvgIpc) is 2.59. The maximum absolute atomic E-state index is 12.6. The van der Waals surface area contributed by atoms with Gasteiger partial charge in [0.05, 0.1) is 10.9 Å². The van der Waals surface area contributed by atoms with Crippen LogP contribution >= 0.6 is 0 Å². The summed E-state index contributed by atoms with van der Waals surface area (Å²) in [5.41, 5.74) is 1.93. The maximum Gasteiger partial charge on any atom is 0.237 e. The summed E-state index contributed by atoms with van der Waals surface area (Å²) >= 11 is 0. The maximum atomic E-state index is 12.6. The summed E-state index contributed by atoms with van der Waals surface area (Å²) in [5.74, 6) is 0. The minimum Gasteiger partial charge on any atom is -0.310 e. The number of benzene rings is 1. The van der Waals surface area contributed by atoms with Crippen molar-refractivity contribution in [1.29, 1.82) is 0 Å². The van der Waals surface area contributed by atoms with Crippen molar-refractivity contribution in [2.24, 2.45) is 0 Å². The molecule has 0 bridgehead atoms. The molecule has 1 aliphatic rings. The molecule has 1 N–H and O–H groups in total. The first-order valence-electron chi connectivity index (χ1n) is 7.32. The monoisotopic (exact) mass is 296 g/mol. The van der Waals surface area contributed by atoms with Gasteiger partial charge in [-0.3, -0.25) is 4.31 Å². The zero-order valence-electron chi connectivity index (χ0n) is 12.5. The number of fused-ring (bicyclic) bond motifs is 1. The van der Waals surface area contributed by atoms with Gasteiger partial charge in [-0.15, -0.1) is 0 Å². The molecule has 4 nitrogen and oxygen atoms in total. The van der Waals surface area contributed by atoms with Crippen LogP contribution in [0.25, 0.3) is 0 Å². The lowest BCUT2D eigenvalue weighted by atomic mass is 10.0. The van der Waals surface area contributed by atoms with Crippen molar-refractivity contribution in [3.63, 3.8) is 0 Å². The molecular formula is C15H24N2O2S. The number of rotatable bonds is 4. The van der Waals surface area contributed by atoms with Gasteiger partial charge in [-0.05, 0) is 44.9 Å². The Morgan fingerprint density at radius 2 is 2.05 bits per heavy atom. The molecule has 5 heteroatoms. The highest BCUT2D eigenvalue weighted by Gasteiger charge is 2.31. The van der Waals surface area contributed by atoms with E-state index >= 15 is 0 Å². The van der Waals surface area contributed by atoms with Crippen molar-refractivity contribution in [3.05, 3.63) is 29.8 Å². The third kappa shape index (κ3) is 2.83. The summed E-state index contributed by atoms with van der Waals surface area (Å²) in [6.07, 6.45) is 1.84. The Hall–Kier alpha value is -1.07. The van der Waals surface area contributed by atoms with Crippen molar-refractivity contribution < 1.29 is 8.42 Å². The van der Waals surface area contributed by atoms with Gasteiger partial charge >= 0.3 is 0 Å². The number of hydrogen-bond donors (Lipinski definition) is 1. The Labute approximate surface area is 122 Å². The van der Waals surface area contributed by atoms with E-state index in [2.05, 4.69) is 12.2 Å². The highest BCUT2D eigenvalue weighted by molar-refractivity contribution is 7.93. The molecule has 1 aliphatic heterocycles. The van der Waals surface area contributed by atoms with E-state index in [0.717, 1.165) is 30.6 Å². The number of anilines is 1. The van der Waals surface area contributed by atoms with Crippen LogP contribution in [0.4, 0.5) is 5.69 Å². The van der Waals surface area contributed by atoms with Crippen LogP contribution < -0.4 is 9.62 Å². The molecule has 0 saturated carbocycles. The SMILES string of the molecule is CCNC1CCCN(S(=O)(=O)C(C)C)c2ccccc21. The molecule has 1 aromatic carbocycles. The smallest absolute Gasteiger partial charge is 0.237 e. The topological polar surface area (TPSA) is 49.4 Å². The Kier molecular flexibility index (Phi) is 4.70. The largest absolute Gasteiger partial charge is 0.310 e. The van der Waals surface area contributed by atoms with Crippen molar-refractivity contribution in [2.45, 2.75) is 44.9 Å². The predicted molar refractivity (Wildman–Crippen MR) is 83.5 cm³/mol. The zero-order chi connectivity index (χ0) is 14.8. The first-order valence-corrected chi connectivity index (χ1v) is 8.82. The number of hydrogen-bond acceptors (Lipinski definition) is 3. The van der Waals surface area contributed by atoms with Crippen molar-refractivity contribution in [3.8, 4) is 0 Å². The van der Waals surface area contributed by atoms with Crippen LogP contribution in [0.2, 0.25) is 0 Å². The van der Waals surface area contributed by atoms with E-state index in [9.17, 15) is 8.42 Å². The molecule has 112 valence electrons. The van der Waals surface area contributed by atoms with E-state index in [1.54, 1.807) is 18.2 Å². The fourth-order valence-electron chi connectivity index (χ4n) is 2.70. The van der Waals surface area contributed by atoms with Gasteiger partial charge in [0, 0.05) is 12.6 Å². The lowest BCUT2D eigenvalue weighted by Crippen LogP contribution is -2.37. The second-order valence-corrected chi connectivity index (χ2v) is 7.89. The van der Waals surface area contributed by atoms with E-state index in [1.165, 1.54) is 0 Å². The number of nitrogens with zero attached hydrogens (tertiary/aromatic N) is 1. The molecule has 2 rings (SSSR count). The summed E-state index contributed by atoms with van der Waals surface area (Å²) in [4.78, 5) is 0. The summed E-state index contributed by atoms with van der Waals surface area (Å²) in [5, 5.41) is 3.06. The van der Waals surface area contributed by atoms with Crippen LogP contribution in [-0.4, -0.2) is 26.8 Å². The van der Waals surface area contributed by atoms with Crippen LogP contribution in [0.15, 0.2) is 24.3 Å². The van der Waals surface area contributed by atoms with Gasteiger partial charge in [0.2, 0.25) is 10.0 Å². The van der Waals surface area contributed by atoms with Crippen LogP contribution in [0.3, 0.4) is 0 Å². The highest BCUT2D eigenvalue weighted by atomic mass is 32.2. The Bertz CT molecular complexity index is 555. The molecule has 0 aromatic heterocycles. The summed E-state index contributed by atoms with van der Waals surface area (Å²) < 4.78 is 26.7. The molecule has 20 heavy (non-hydrogen) atoms. The molecule has 0 fully saturated rings. The Morgan fingerprint density at radius 3 is 2.70 bits per heavy atom. The molecular weight excluding hydrogens is 272 g/mol. The second-order valence-electron chi connectivity index (χ2n) is 5.48. The molecule has 1 aromatic rings. The third-order valence-corrected chi connectivity index (χ3v) is 5.97. The van der Waals surface area contributed by atoms with Crippen molar-refractivity contribution >= 4 is 15.7 Å². The summed E-state index contributed by atoms with van der Waals surface area (Å²) in [7, 11) is -3.27. The lowest BCUT2D eigenvalue weighted by Gasteiger charge is -2.27. The fourth-order valence-corrected chi connectivity index (χ4v) is 4.03. The van der Waals surface area contributed by atoms with Gasteiger partial charge in [0.1, 0.15) is 0 Å². The molecule has 0 amide bonds. The van der Waals surface area contributed by atoms with E-state index < -0.39 is 15.3 Å². The quantitative estimate of drug-likeness (QED) is 0.929. The summed E-state index contributed by atoms with van der Waals surface area (Å²) in [6, 6.07) is 8.09. The number of para-hydroxylation sites is 1. The van der Waals surface area contributed by atoms with E-state index in [4.69, 9.17) is 0 Å². The summed E-state index contributed by atoms with van der Waals surface area (Å²) in [6.45, 7) is 7.01. The van der Waals surface area contributed by atoms with E-state index in [0.29, 0.717) is 6.54 Å². The van der Waals surface area contributed by atoms with Gasteiger partial charge in [-0.1, -0.05) is 25.1 Å². The molecule has 0 spiro atoms.